The van der Waals surface area contributed by atoms with E-state index in [2.05, 4.69) is 18.7 Å². The lowest BCUT2D eigenvalue weighted by molar-refractivity contribution is -0.147. The van der Waals surface area contributed by atoms with Crippen LogP contribution in [-0.2, 0) is 14.3 Å². The number of likely N-dealkylation sites (tertiary alicyclic amines) is 1. The van der Waals surface area contributed by atoms with Gasteiger partial charge in [0.25, 0.3) is 0 Å². The Hall–Kier alpha value is -0.610. The lowest BCUT2D eigenvalue weighted by Gasteiger charge is -2.51. The molecule has 0 radical (unpaired) electrons. The van der Waals surface area contributed by atoms with Gasteiger partial charge in [-0.3, -0.25) is 9.69 Å². The molecule has 1 spiro atoms. The largest absolute Gasteiger partial charge is 0.462 e. The minimum Gasteiger partial charge on any atom is -0.462 e. The first kappa shape index (κ1) is 16.6. The minimum absolute atomic E-state index is 0.0841. The number of piperidine rings is 1. The molecule has 140 valence electrons. The third-order valence-electron chi connectivity index (χ3n) is 8.45. The summed E-state index contributed by atoms with van der Waals surface area (Å²) in [6.45, 7) is 7.77. The zero-order valence-corrected chi connectivity index (χ0v) is 15.8. The molecule has 2 saturated carbocycles. The van der Waals surface area contributed by atoms with E-state index in [-0.39, 0.29) is 23.6 Å². The second-order valence-electron chi connectivity index (χ2n) is 9.94. The van der Waals surface area contributed by atoms with E-state index in [4.69, 9.17) is 9.47 Å². The zero-order valence-electron chi connectivity index (χ0n) is 15.8. The van der Waals surface area contributed by atoms with Crippen molar-refractivity contribution in [3.63, 3.8) is 0 Å². The topological polar surface area (TPSA) is 42.1 Å². The summed E-state index contributed by atoms with van der Waals surface area (Å²) in [5.41, 5.74) is 0.468. The van der Waals surface area contributed by atoms with Crippen molar-refractivity contribution in [1.29, 1.82) is 0 Å². The van der Waals surface area contributed by atoms with Crippen LogP contribution in [0.3, 0.4) is 0 Å². The van der Waals surface area contributed by atoms with Crippen molar-refractivity contribution in [3.05, 3.63) is 0 Å². The fourth-order valence-electron chi connectivity index (χ4n) is 6.85. The normalized spacial score (nSPS) is 52.6. The lowest BCUT2D eigenvalue weighted by atomic mass is 9.53. The average molecular weight is 347 g/mol. The monoisotopic (exact) mass is 347 g/mol. The maximum Gasteiger partial charge on any atom is 0.310 e. The van der Waals surface area contributed by atoms with Crippen molar-refractivity contribution in [2.24, 2.45) is 23.2 Å². The molecule has 0 unspecified atom stereocenters. The van der Waals surface area contributed by atoms with E-state index in [0.29, 0.717) is 23.3 Å². The van der Waals surface area contributed by atoms with Gasteiger partial charge in [0.2, 0.25) is 0 Å². The Morgan fingerprint density at radius 1 is 1.24 bits per heavy atom. The number of carbonyl (C=O) groups is 1. The van der Waals surface area contributed by atoms with Gasteiger partial charge in [-0.05, 0) is 69.7 Å². The number of hydrogen-bond acceptors (Lipinski definition) is 4. The average Bonchev–Trinajstić information content (AvgIpc) is 3.27. The molecule has 0 N–H and O–H groups in total. The molecule has 4 nitrogen and oxygen atoms in total. The first-order valence-electron chi connectivity index (χ1n) is 10.6. The molecule has 0 bridgehead atoms. The molecular formula is C21H33NO3. The molecule has 4 heteroatoms. The number of epoxide rings is 1. The summed E-state index contributed by atoms with van der Waals surface area (Å²) in [6, 6.07) is 0.613. The standard InChI is InChI=1S/C21H33NO3/c1-14-6-3-4-9-22(14)12-16-15-10-18-20(2,11-17(15)25-19(16)23)7-5-8-21(18)13-24-21/h14-18H,3-13H2,1-2H3/t14-,15+,16+,17+,18+,20+,21-/m0/s1. The van der Waals surface area contributed by atoms with Gasteiger partial charge in [0.05, 0.1) is 18.1 Å². The lowest BCUT2D eigenvalue weighted by Crippen LogP contribution is -2.51. The Kier molecular flexibility index (Phi) is 3.77. The van der Waals surface area contributed by atoms with Gasteiger partial charge in [-0.1, -0.05) is 13.3 Å². The van der Waals surface area contributed by atoms with Crippen molar-refractivity contribution in [2.45, 2.75) is 83.0 Å². The molecule has 5 rings (SSSR count). The Morgan fingerprint density at radius 2 is 2.08 bits per heavy atom. The smallest absolute Gasteiger partial charge is 0.310 e. The van der Waals surface area contributed by atoms with Crippen molar-refractivity contribution in [2.75, 3.05) is 19.7 Å². The second kappa shape index (κ2) is 5.69. The molecule has 0 aromatic heterocycles. The van der Waals surface area contributed by atoms with Crippen LogP contribution in [-0.4, -0.2) is 48.3 Å². The molecular weight excluding hydrogens is 314 g/mol. The second-order valence-corrected chi connectivity index (χ2v) is 9.94. The fourth-order valence-corrected chi connectivity index (χ4v) is 6.85. The Balaban J connectivity index is 1.36. The highest BCUT2D eigenvalue weighted by atomic mass is 16.6. The van der Waals surface area contributed by atoms with Gasteiger partial charge in [0.1, 0.15) is 6.10 Å². The molecule has 2 aliphatic carbocycles. The van der Waals surface area contributed by atoms with E-state index < -0.39 is 0 Å². The van der Waals surface area contributed by atoms with Gasteiger partial charge in [-0.15, -0.1) is 0 Å². The van der Waals surface area contributed by atoms with Gasteiger partial charge in [0, 0.05) is 18.5 Å². The molecule has 7 atom stereocenters. The first-order valence-corrected chi connectivity index (χ1v) is 10.6. The first-order chi connectivity index (χ1) is 12.0. The van der Waals surface area contributed by atoms with Gasteiger partial charge in [-0.25, -0.2) is 0 Å². The van der Waals surface area contributed by atoms with Crippen LogP contribution in [0.15, 0.2) is 0 Å². The van der Waals surface area contributed by atoms with Crippen LogP contribution in [0.4, 0.5) is 0 Å². The van der Waals surface area contributed by atoms with Crippen LogP contribution < -0.4 is 0 Å². The molecule has 3 aliphatic heterocycles. The Bertz CT molecular complexity index is 559. The maximum atomic E-state index is 12.7. The molecule has 5 aliphatic rings. The summed E-state index contributed by atoms with van der Waals surface area (Å²) in [7, 11) is 0. The minimum atomic E-state index is 0.0841. The quantitative estimate of drug-likeness (QED) is 0.567. The predicted octanol–water partition coefficient (Wildman–Crippen LogP) is 3.39. The third kappa shape index (κ3) is 2.58. The highest BCUT2D eigenvalue weighted by molar-refractivity contribution is 5.75. The van der Waals surface area contributed by atoms with Crippen LogP contribution in [0.1, 0.15) is 65.2 Å². The fraction of sp³-hybridized carbons (Fsp3) is 0.952. The van der Waals surface area contributed by atoms with Gasteiger partial charge < -0.3 is 9.47 Å². The zero-order chi connectivity index (χ0) is 17.2. The molecule has 3 saturated heterocycles. The van der Waals surface area contributed by atoms with E-state index in [1.54, 1.807) is 0 Å². The molecule has 25 heavy (non-hydrogen) atoms. The van der Waals surface area contributed by atoms with Crippen LogP contribution in [0, 0.1) is 23.2 Å². The van der Waals surface area contributed by atoms with E-state index in [1.807, 2.05) is 0 Å². The van der Waals surface area contributed by atoms with Crippen LogP contribution in [0.2, 0.25) is 0 Å². The molecule has 5 fully saturated rings. The summed E-state index contributed by atoms with van der Waals surface area (Å²) in [4.78, 5) is 15.3. The summed E-state index contributed by atoms with van der Waals surface area (Å²) < 4.78 is 12.0. The number of esters is 1. The van der Waals surface area contributed by atoms with Gasteiger partial charge >= 0.3 is 5.97 Å². The number of nitrogens with zero attached hydrogens (tertiary/aromatic N) is 1. The van der Waals surface area contributed by atoms with E-state index in [0.717, 1.165) is 32.5 Å². The van der Waals surface area contributed by atoms with Crippen LogP contribution in [0.25, 0.3) is 0 Å². The number of rotatable bonds is 2. The van der Waals surface area contributed by atoms with E-state index in [9.17, 15) is 4.79 Å². The van der Waals surface area contributed by atoms with E-state index >= 15 is 0 Å². The predicted molar refractivity (Wildman–Crippen MR) is 95.1 cm³/mol. The van der Waals surface area contributed by atoms with Crippen molar-refractivity contribution in [3.8, 4) is 0 Å². The van der Waals surface area contributed by atoms with Crippen LogP contribution >= 0.6 is 0 Å². The van der Waals surface area contributed by atoms with E-state index in [1.165, 1.54) is 38.5 Å². The summed E-state index contributed by atoms with van der Waals surface area (Å²) >= 11 is 0. The molecule has 0 aromatic rings. The van der Waals surface area contributed by atoms with Gasteiger partial charge in [-0.2, -0.15) is 0 Å². The number of hydrogen-bond donors (Lipinski definition) is 0. The number of ether oxygens (including phenoxy) is 2. The summed E-state index contributed by atoms with van der Waals surface area (Å²) in [5.74, 6) is 1.22. The van der Waals surface area contributed by atoms with Crippen molar-refractivity contribution >= 4 is 5.97 Å². The maximum absolute atomic E-state index is 12.7. The van der Waals surface area contributed by atoms with Gasteiger partial charge in [0.15, 0.2) is 0 Å². The molecule has 0 aromatic carbocycles. The number of fused-ring (bicyclic) bond motifs is 3. The molecule has 0 amide bonds. The molecule has 3 heterocycles. The van der Waals surface area contributed by atoms with Crippen molar-refractivity contribution < 1.29 is 14.3 Å². The third-order valence-corrected chi connectivity index (χ3v) is 8.45. The summed E-state index contributed by atoms with van der Waals surface area (Å²) in [6.07, 6.45) is 10.0. The Labute approximate surface area is 151 Å². The Morgan fingerprint density at radius 3 is 2.84 bits per heavy atom. The highest BCUT2D eigenvalue weighted by Gasteiger charge is 2.65. The van der Waals surface area contributed by atoms with Crippen molar-refractivity contribution in [1.82, 2.24) is 4.90 Å². The highest BCUT2D eigenvalue weighted by Crippen LogP contribution is 2.62. The number of carbonyl (C=O) groups excluding carboxylic acids is 1. The van der Waals surface area contributed by atoms with Crippen LogP contribution in [0.5, 0.6) is 0 Å². The summed E-state index contributed by atoms with van der Waals surface area (Å²) in [5, 5.41) is 0. The SMILES string of the molecule is C[C@H]1CCCCN1C[C@H]1C(=O)O[C@@H]2C[C@@]3(C)CCC[C@]4(CO4)[C@@H]3C[C@@H]21.